The zero-order valence-electron chi connectivity index (χ0n) is 18.0. The summed E-state index contributed by atoms with van der Waals surface area (Å²) in [5, 5.41) is 12.1. The van der Waals surface area contributed by atoms with Crippen LogP contribution in [0.4, 0.5) is 0 Å². The van der Waals surface area contributed by atoms with Gasteiger partial charge in [-0.15, -0.1) is 0 Å². The van der Waals surface area contributed by atoms with Crippen LogP contribution in [0.5, 0.6) is 0 Å². The smallest absolute Gasteiger partial charge is 0.251 e. The molecular weight excluding hydrogens is 428 g/mol. The number of aliphatic hydroxyl groups is 1. The van der Waals surface area contributed by atoms with Gasteiger partial charge in [0.25, 0.3) is 5.91 Å². The lowest BCUT2D eigenvalue weighted by Crippen LogP contribution is -2.26. The number of amides is 1. The van der Waals surface area contributed by atoms with Crippen molar-refractivity contribution >= 4 is 23.3 Å². The second-order valence-electron chi connectivity index (χ2n) is 7.65. The van der Waals surface area contributed by atoms with Crippen LogP contribution in [0, 0.1) is 6.92 Å². The van der Waals surface area contributed by atoms with Crippen molar-refractivity contribution in [3.05, 3.63) is 104 Å². The average molecular weight is 453 g/mol. The van der Waals surface area contributed by atoms with E-state index in [9.17, 15) is 14.4 Å². The van der Waals surface area contributed by atoms with Gasteiger partial charge >= 0.3 is 0 Å². The molecule has 0 saturated carbocycles. The van der Waals surface area contributed by atoms with Crippen molar-refractivity contribution in [1.82, 2.24) is 9.88 Å². The van der Waals surface area contributed by atoms with E-state index < -0.39 is 0 Å². The molecule has 1 unspecified atom stereocenters. The number of pyridine rings is 1. The number of nitrogens with one attached hydrogen (secondary N) is 1. The number of halogens is 1. The molecule has 0 fully saturated rings. The zero-order chi connectivity index (χ0) is 23.3. The van der Waals surface area contributed by atoms with Crippen molar-refractivity contribution in [3.8, 4) is 0 Å². The SMILES string of the molecule is Cc1cc(Cl)ccc1C(CC(=O)c1ccc(=O)n(C)c1)c1ccc(C(=O)NCCO)cc1. The lowest BCUT2D eigenvalue weighted by molar-refractivity contribution is 0.0942. The number of rotatable bonds is 8. The lowest BCUT2D eigenvalue weighted by Gasteiger charge is -2.20. The van der Waals surface area contributed by atoms with Crippen LogP contribution < -0.4 is 10.9 Å². The van der Waals surface area contributed by atoms with Gasteiger partial charge in [0.2, 0.25) is 5.56 Å². The molecular formula is C25H25ClN2O4. The van der Waals surface area contributed by atoms with Crippen LogP contribution in [-0.4, -0.2) is 34.5 Å². The first kappa shape index (κ1) is 23.4. The Hall–Kier alpha value is -3.22. The van der Waals surface area contributed by atoms with Crippen molar-refractivity contribution in [2.24, 2.45) is 7.05 Å². The van der Waals surface area contributed by atoms with Crippen LogP contribution in [0.25, 0.3) is 0 Å². The normalized spacial score (nSPS) is 11.8. The number of carbonyl (C=O) groups excluding carboxylic acids is 2. The molecule has 0 radical (unpaired) electrons. The highest BCUT2D eigenvalue weighted by Crippen LogP contribution is 2.33. The number of nitrogens with zero attached hydrogens (tertiary/aromatic N) is 1. The number of ketones is 1. The second-order valence-corrected chi connectivity index (χ2v) is 8.09. The van der Waals surface area contributed by atoms with Gasteiger partial charge in [-0.2, -0.15) is 0 Å². The number of Topliss-reactive ketones (excluding diaryl/α,β-unsaturated/α-hetero) is 1. The fourth-order valence-electron chi connectivity index (χ4n) is 3.64. The molecule has 1 aromatic heterocycles. The maximum atomic E-state index is 13.1. The van der Waals surface area contributed by atoms with E-state index in [1.54, 1.807) is 37.5 Å². The van der Waals surface area contributed by atoms with E-state index in [0.29, 0.717) is 16.1 Å². The van der Waals surface area contributed by atoms with E-state index in [0.717, 1.165) is 16.7 Å². The van der Waals surface area contributed by atoms with Crippen LogP contribution in [0.1, 0.15) is 49.7 Å². The number of hydrogen-bond acceptors (Lipinski definition) is 4. The minimum absolute atomic E-state index is 0.0929. The van der Waals surface area contributed by atoms with Crippen molar-refractivity contribution in [2.75, 3.05) is 13.2 Å². The summed E-state index contributed by atoms with van der Waals surface area (Å²) in [7, 11) is 1.61. The highest BCUT2D eigenvalue weighted by Gasteiger charge is 2.22. The molecule has 0 spiro atoms. The lowest BCUT2D eigenvalue weighted by atomic mass is 9.83. The monoisotopic (exact) mass is 452 g/mol. The topological polar surface area (TPSA) is 88.4 Å². The standard InChI is InChI=1S/C25H25ClN2O4/c1-16-13-20(26)8-9-21(16)22(14-23(30)19-7-10-24(31)28(2)15-19)17-3-5-18(6-4-17)25(32)27-11-12-29/h3-10,13,15,22,29H,11-12,14H2,1-2H3,(H,27,32). The fraction of sp³-hybridized carbons (Fsp3) is 0.240. The molecule has 1 atom stereocenters. The molecule has 3 aromatic rings. The number of carbonyl (C=O) groups is 2. The third-order valence-corrected chi connectivity index (χ3v) is 5.61. The molecule has 7 heteroatoms. The predicted molar refractivity (Wildman–Crippen MR) is 125 cm³/mol. The van der Waals surface area contributed by atoms with Gasteiger partial charge < -0.3 is 15.0 Å². The van der Waals surface area contributed by atoms with E-state index >= 15 is 0 Å². The Bertz CT molecular complexity index is 1190. The third-order valence-electron chi connectivity index (χ3n) is 5.38. The first-order chi connectivity index (χ1) is 15.3. The number of aliphatic hydroxyl groups excluding tert-OH is 1. The van der Waals surface area contributed by atoms with Gasteiger partial charge in [0.1, 0.15) is 0 Å². The Morgan fingerprint density at radius 2 is 1.75 bits per heavy atom. The van der Waals surface area contributed by atoms with Crippen molar-refractivity contribution < 1.29 is 14.7 Å². The number of aryl methyl sites for hydroxylation is 2. The molecule has 2 N–H and O–H groups in total. The molecule has 1 amide bonds. The zero-order valence-corrected chi connectivity index (χ0v) is 18.7. The first-order valence-electron chi connectivity index (χ1n) is 10.2. The fourth-order valence-corrected chi connectivity index (χ4v) is 3.86. The molecule has 0 aliphatic carbocycles. The van der Waals surface area contributed by atoms with Crippen LogP contribution >= 0.6 is 11.6 Å². The summed E-state index contributed by atoms with van der Waals surface area (Å²) in [5.74, 6) is -0.623. The summed E-state index contributed by atoms with van der Waals surface area (Å²) in [4.78, 5) is 36.9. The largest absolute Gasteiger partial charge is 0.395 e. The summed E-state index contributed by atoms with van der Waals surface area (Å²) >= 11 is 6.14. The first-order valence-corrected chi connectivity index (χ1v) is 10.6. The maximum Gasteiger partial charge on any atom is 0.251 e. The Morgan fingerprint density at radius 3 is 2.38 bits per heavy atom. The molecule has 3 rings (SSSR count). The van der Waals surface area contributed by atoms with Gasteiger partial charge in [0.15, 0.2) is 5.78 Å². The van der Waals surface area contributed by atoms with Gasteiger partial charge in [-0.3, -0.25) is 14.4 Å². The molecule has 0 saturated heterocycles. The molecule has 6 nitrogen and oxygen atoms in total. The van der Waals surface area contributed by atoms with Gasteiger partial charge in [0.05, 0.1) is 6.61 Å². The van der Waals surface area contributed by atoms with Crippen LogP contribution in [0.15, 0.2) is 65.6 Å². The van der Waals surface area contributed by atoms with Gasteiger partial charge in [-0.1, -0.05) is 29.8 Å². The van der Waals surface area contributed by atoms with Crippen molar-refractivity contribution in [1.29, 1.82) is 0 Å². The van der Waals surface area contributed by atoms with Gasteiger partial charge in [-0.05, 0) is 53.9 Å². The highest BCUT2D eigenvalue weighted by atomic mass is 35.5. The Kier molecular flexibility index (Phi) is 7.62. The summed E-state index contributed by atoms with van der Waals surface area (Å²) in [5.41, 5.74) is 3.56. The molecule has 0 aliphatic rings. The van der Waals surface area contributed by atoms with Crippen LogP contribution in [0.3, 0.4) is 0 Å². The van der Waals surface area contributed by atoms with Crippen molar-refractivity contribution in [2.45, 2.75) is 19.3 Å². The number of benzene rings is 2. The molecule has 32 heavy (non-hydrogen) atoms. The summed E-state index contributed by atoms with van der Waals surface area (Å²) in [6.45, 7) is 2.00. The molecule has 0 aliphatic heterocycles. The van der Waals surface area contributed by atoms with E-state index in [1.807, 2.05) is 31.2 Å². The summed E-state index contributed by atoms with van der Waals surface area (Å²) in [6, 6.07) is 15.6. The number of aromatic nitrogens is 1. The maximum absolute atomic E-state index is 13.1. The predicted octanol–water partition coefficient (Wildman–Crippen LogP) is 3.47. The van der Waals surface area contributed by atoms with Crippen LogP contribution in [0.2, 0.25) is 5.02 Å². The highest BCUT2D eigenvalue weighted by molar-refractivity contribution is 6.30. The van der Waals surface area contributed by atoms with Gasteiger partial charge in [0, 0.05) is 54.3 Å². The van der Waals surface area contributed by atoms with E-state index in [-0.39, 0.29) is 42.7 Å². The average Bonchev–Trinajstić information content (AvgIpc) is 2.78. The summed E-state index contributed by atoms with van der Waals surface area (Å²) < 4.78 is 1.38. The Labute approximate surface area is 191 Å². The van der Waals surface area contributed by atoms with E-state index in [1.165, 1.54) is 10.6 Å². The Morgan fingerprint density at radius 1 is 1.06 bits per heavy atom. The molecule has 166 valence electrons. The second kappa shape index (κ2) is 10.4. The molecule has 1 heterocycles. The van der Waals surface area contributed by atoms with Crippen molar-refractivity contribution in [3.63, 3.8) is 0 Å². The number of hydrogen-bond donors (Lipinski definition) is 2. The van der Waals surface area contributed by atoms with E-state index in [4.69, 9.17) is 16.7 Å². The molecule has 2 aromatic carbocycles. The minimum atomic E-state index is -0.272. The minimum Gasteiger partial charge on any atom is -0.395 e. The Balaban J connectivity index is 1.95. The summed E-state index contributed by atoms with van der Waals surface area (Å²) in [6.07, 6.45) is 1.74. The van der Waals surface area contributed by atoms with E-state index in [2.05, 4.69) is 5.32 Å². The molecule has 0 bridgehead atoms. The van der Waals surface area contributed by atoms with Gasteiger partial charge in [-0.25, -0.2) is 0 Å². The van der Waals surface area contributed by atoms with Crippen LogP contribution in [-0.2, 0) is 7.05 Å². The third kappa shape index (κ3) is 5.52. The quantitative estimate of drug-likeness (QED) is 0.512.